The first-order valence-electron chi connectivity index (χ1n) is 7.72. The standard InChI is InChI=1S/C16H28N2O4/c1-10-6-7-16(2,3)12(10)4-5-13(17)15(22)18-11(9-19)8-14(20)21/h4-5,9-13,15,18,22H,6-8,17H2,1-3H3,(H,20,21)/t10?,11-,12?,13?,15?/m1/s1. The molecule has 1 rings (SSSR count). The Morgan fingerprint density at radius 3 is 2.59 bits per heavy atom. The molecule has 6 nitrogen and oxygen atoms in total. The lowest BCUT2D eigenvalue weighted by Gasteiger charge is -2.27. The minimum absolute atomic E-state index is 0.211. The highest BCUT2D eigenvalue weighted by Gasteiger charge is 2.37. The largest absolute Gasteiger partial charge is 0.481 e. The van der Waals surface area contributed by atoms with E-state index in [9.17, 15) is 14.7 Å². The van der Waals surface area contributed by atoms with Crippen molar-refractivity contribution in [3.8, 4) is 0 Å². The van der Waals surface area contributed by atoms with Crippen LogP contribution in [0.5, 0.6) is 0 Å². The number of allylic oxidation sites excluding steroid dienone is 1. The number of carbonyl (C=O) groups is 2. The van der Waals surface area contributed by atoms with Gasteiger partial charge in [0, 0.05) is 0 Å². The average molecular weight is 312 g/mol. The molecule has 0 aromatic rings. The molecule has 1 aliphatic rings. The average Bonchev–Trinajstić information content (AvgIpc) is 2.68. The molecule has 0 aliphatic heterocycles. The van der Waals surface area contributed by atoms with Crippen molar-refractivity contribution in [1.82, 2.24) is 5.32 Å². The minimum atomic E-state index is -1.16. The zero-order valence-corrected chi connectivity index (χ0v) is 13.5. The zero-order valence-electron chi connectivity index (χ0n) is 13.5. The van der Waals surface area contributed by atoms with Gasteiger partial charge >= 0.3 is 5.97 Å². The highest BCUT2D eigenvalue weighted by Crippen LogP contribution is 2.46. The first-order chi connectivity index (χ1) is 10.2. The van der Waals surface area contributed by atoms with Crippen molar-refractivity contribution < 1.29 is 19.8 Å². The van der Waals surface area contributed by atoms with Crippen LogP contribution in [0.3, 0.4) is 0 Å². The van der Waals surface area contributed by atoms with Crippen LogP contribution in [-0.4, -0.2) is 40.8 Å². The van der Waals surface area contributed by atoms with Crippen molar-refractivity contribution in [3.05, 3.63) is 12.2 Å². The number of carboxylic acids is 1. The molecule has 0 heterocycles. The molecule has 1 fully saturated rings. The third-order valence-electron chi connectivity index (χ3n) is 4.61. The van der Waals surface area contributed by atoms with Gasteiger partial charge in [-0.25, -0.2) is 0 Å². The molecular weight excluding hydrogens is 284 g/mol. The van der Waals surface area contributed by atoms with Crippen LogP contribution in [-0.2, 0) is 9.59 Å². The van der Waals surface area contributed by atoms with E-state index in [1.807, 2.05) is 6.08 Å². The second kappa shape index (κ2) is 7.85. The van der Waals surface area contributed by atoms with Gasteiger partial charge in [0.2, 0.25) is 0 Å². The summed E-state index contributed by atoms with van der Waals surface area (Å²) in [5.41, 5.74) is 6.11. The third kappa shape index (κ3) is 5.19. The Labute approximate surface area is 131 Å². The van der Waals surface area contributed by atoms with Gasteiger partial charge in [0.05, 0.1) is 18.5 Å². The predicted molar refractivity (Wildman–Crippen MR) is 84.0 cm³/mol. The molecule has 0 bridgehead atoms. The molecule has 126 valence electrons. The molecule has 0 radical (unpaired) electrons. The van der Waals surface area contributed by atoms with Gasteiger partial charge in [-0.15, -0.1) is 0 Å². The number of aliphatic carboxylic acids is 1. The lowest BCUT2D eigenvalue weighted by atomic mass is 9.79. The number of aliphatic hydroxyl groups is 1. The van der Waals surface area contributed by atoms with E-state index in [1.54, 1.807) is 6.08 Å². The van der Waals surface area contributed by atoms with E-state index in [0.717, 1.165) is 6.42 Å². The van der Waals surface area contributed by atoms with Gasteiger partial charge in [-0.1, -0.05) is 32.9 Å². The molecule has 0 amide bonds. The van der Waals surface area contributed by atoms with Gasteiger partial charge in [-0.2, -0.15) is 0 Å². The van der Waals surface area contributed by atoms with Gasteiger partial charge in [0.15, 0.2) is 0 Å². The number of carboxylic acid groups (broad SMARTS) is 1. The van der Waals surface area contributed by atoms with Crippen LogP contribution in [0.2, 0.25) is 0 Å². The number of hydrogen-bond donors (Lipinski definition) is 4. The van der Waals surface area contributed by atoms with E-state index in [1.165, 1.54) is 6.42 Å². The Morgan fingerprint density at radius 2 is 2.14 bits per heavy atom. The number of aliphatic hydroxyl groups excluding tert-OH is 1. The first kappa shape index (κ1) is 18.8. The fourth-order valence-electron chi connectivity index (χ4n) is 3.18. The van der Waals surface area contributed by atoms with Crippen LogP contribution in [0, 0.1) is 17.3 Å². The minimum Gasteiger partial charge on any atom is -0.481 e. The maximum atomic E-state index is 10.8. The Balaban J connectivity index is 2.59. The number of aldehydes is 1. The van der Waals surface area contributed by atoms with E-state index >= 15 is 0 Å². The lowest BCUT2D eigenvalue weighted by molar-refractivity contribution is -0.138. The van der Waals surface area contributed by atoms with Crippen LogP contribution in [0.1, 0.15) is 40.0 Å². The molecule has 1 aliphatic carbocycles. The molecule has 0 aromatic heterocycles. The number of rotatable bonds is 8. The van der Waals surface area contributed by atoms with Gasteiger partial charge in [0.25, 0.3) is 0 Å². The molecule has 1 saturated carbocycles. The predicted octanol–water partition coefficient (Wildman–Crippen LogP) is 0.892. The molecule has 22 heavy (non-hydrogen) atoms. The van der Waals surface area contributed by atoms with Crippen molar-refractivity contribution in [2.75, 3.05) is 0 Å². The van der Waals surface area contributed by atoms with Gasteiger partial charge in [-0.3, -0.25) is 10.1 Å². The van der Waals surface area contributed by atoms with Crippen molar-refractivity contribution in [2.24, 2.45) is 23.0 Å². The molecule has 5 atom stereocenters. The quantitative estimate of drug-likeness (QED) is 0.301. The molecule has 0 spiro atoms. The second-order valence-electron chi connectivity index (χ2n) is 6.94. The summed E-state index contributed by atoms with van der Waals surface area (Å²) in [7, 11) is 0. The van der Waals surface area contributed by atoms with Crippen molar-refractivity contribution in [3.63, 3.8) is 0 Å². The third-order valence-corrected chi connectivity index (χ3v) is 4.61. The maximum Gasteiger partial charge on any atom is 0.305 e. The summed E-state index contributed by atoms with van der Waals surface area (Å²) < 4.78 is 0. The van der Waals surface area contributed by atoms with Crippen LogP contribution in [0.4, 0.5) is 0 Å². The zero-order chi connectivity index (χ0) is 16.9. The molecular formula is C16H28N2O4. The number of nitrogens with two attached hydrogens (primary N) is 1. The van der Waals surface area contributed by atoms with Gasteiger partial charge in [0.1, 0.15) is 12.5 Å². The summed E-state index contributed by atoms with van der Waals surface area (Å²) in [6, 6.07) is -1.64. The summed E-state index contributed by atoms with van der Waals surface area (Å²) in [4.78, 5) is 21.4. The Morgan fingerprint density at radius 1 is 1.50 bits per heavy atom. The molecule has 6 heteroatoms. The highest BCUT2D eigenvalue weighted by atomic mass is 16.4. The number of hydrogen-bond acceptors (Lipinski definition) is 5. The SMILES string of the molecule is CC1CCC(C)(C)C1C=CC(N)C(O)N[C@@H](C=O)CC(=O)O. The normalized spacial score (nSPS) is 28.4. The molecule has 5 N–H and O–H groups in total. The van der Waals surface area contributed by atoms with E-state index in [4.69, 9.17) is 10.8 Å². The Kier molecular flexibility index (Phi) is 6.71. The fraction of sp³-hybridized carbons (Fsp3) is 0.750. The Hall–Kier alpha value is -1.24. The van der Waals surface area contributed by atoms with Crippen LogP contribution in [0.25, 0.3) is 0 Å². The maximum absolute atomic E-state index is 10.8. The lowest BCUT2D eigenvalue weighted by Crippen LogP contribution is -2.49. The molecule has 0 aromatic carbocycles. The van der Waals surface area contributed by atoms with E-state index in [2.05, 4.69) is 26.1 Å². The van der Waals surface area contributed by atoms with Crippen molar-refractivity contribution in [1.29, 1.82) is 0 Å². The number of carbonyl (C=O) groups excluding carboxylic acids is 1. The summed E-state index contributed by atoms with van der Waals surface area (Å²) in [5.74, 6) is -0.146. The Bertz CT molecular complexity index is 422. The fourth-order valence-corrected chi connectivity index (χ4v) is 3.18. The second-order valence-corrected chi connectivity index (χ2v) is 6.94. The van der Waals surface area contributed by atoms with Gasteiger partial charge < -0.3 is 20.7 Å². The van der Waals surface area contributed by atoms with Crippen LogP contribution in [0.15, 0.2) is 12.2 Å². The summed E-state index contributed by atoms with van der Waals surface area (Å²) in [6.07, 6.45) is 5.04. The first-order valence-corrected chi connectivity index (χ1v) is 7.72. The summed E-state index contributed by atoms with van der Waals surface area (Å²) in [6.45, 7) is 6.65. The van der Waals surface area contributed by atoms with Gasteiger partial charge in [-0.05, 0) is 30.1 Å². The van der Waals surface area contributed by atoms with Crippen LogP contribution >= 0.6 is 0 Å². The summed E-state index contributed by atoms with van der Waals surface area (Å²) in [5, 5.41) is 21.2. The van der Waals surface area contributed by atoms with E-state index in [0.29, 0.717) is 18.1 Å². The van der Waals surface area contributed by atoms with Crippen LogP contribution < -0.4 is 11.1 Å². The van der Waals surface area contributed by atoms with Crippen molar-refractivity contribution >= 4 is 12.3 Å². The molecule has 4 unspecified atom stereocenters. The van der Waals surface area contributed by atoms with E-state index < -0.39 is 24.3 Å². The smallest absolute Gasteiger partial charge is 0.305 e. The topological polar surface area (TPSA) is 113 Å². The monoisotopic (exact) mass is 312 g/mol. The molecule has 0 saturated heterocycles. The summed E-state index contributed by atoms with van der Waals surface area (Å²) >= 11 is 0. The van der Waals surface area contributed by atoms with E-state index in [-0.39, 0.29) is 11.8 Å². The highest BCUT2D eigenvalue weighted by molar-refractivity contribution is 5.73. The number of nitrogens with one attached hydrogen (secondary N) is 1. The van der Waals surface area contributed by atoms with Crippen molar-refractivity contribution in [2.45, 2.75) is 58.3 Å².